The number of carbonyl (C=O) groups excluding carboxylic acids is 4. The van der Waals surface area contributed by atoms with Gasteiger partial charge in [-0.25, -0.2) is 4.68 Å². The van der Waals surface area contributed by atoms with Crippen molar-refractivity contribution in [3.8, 4) is 5.75 Å². The number of imide groups is 2. The van der Waals surface area contributed by atoms with Gasteiger partial charge in [-0.2, -0.15) is 0 Å². The number of hydrogen-bond acceptors (Lipinski definition) is 10. The third kappa shape index (κ3) is 6.01. The standard InChI is InChI=1S/C24H29N5O8/c1-3-35-20(36-4-2)13-28-12-15(26-27-28)14-34-10-11-37-18-7-5-6-16-21(18)24(33)29(23(16)32)17-8-9-19(30)25-22(17)31/h5-7,12,17,20H,3-4,8-11,13-14H2,1-2H3,(H,25,30,31). The van der Waals surface area contributed by atoms with Crippen LogP contribution in [0, 0.1) is 0 Å². The van der Waals surface area contributed by atoms with Crippen molar-refractivity contribution in [3.05, 3.63) is 41.2 Å². The van der Waals surface area contributed by atoms with E-state index in [9.17, 15) is 19.2 Å². The van der Waals surface area contributed by atoms with Gasteiger partial charge in [-0.05, 0) is 32.4 Å². The Bertz CT molecular complexity index is 1160. The number of aromatic nitrogens is 3. The van der Waals surface area contributed by atoms with E-state index >= 15 is 0 Å². The molecule has 1 saturated heterocycles. The van der Waals surface area contributed by atoms with Crippen LogP contribution in [-0.4, -0.2) is 82.3 Å². The summed E-state index contributed by atoms with van der Waals surface area (Å²) in [4.78, 5) is 50.6. The van der Waals surface area contributed by atoms with Gasteiger partial charge in [0.05, 0.1) is 37.1 Å². The normalized spacial score (nSPS) is 17.5. The van der Waals surface area contributed by atoms with Gasteiger partial charge < -0.3 is 18.9 Å². The van der Waals surface area contributed by atoms with Gasteiger partial charge in [0.15, 0.2) is 6.29 Å². The van der Waals surface area contributed by atoms with E-state index in [0.717, 1.165) is 4.90 Å². The fourth-order valence-corrected chi connectivity index (χ4v) is 4.16. The average Bonchev–Trinajstić information content (AvgIpc) is 3.42. The summed E-state index contributed by atoms with van der Waals surface area (Å²) in [6.07, 6.45) is 1.47. The molecule has 198 valence electrons. The molecule has 13 nitrogen and oxygen atoms in total. The number of hydrogen-bond donors (Lipinski definition) is 1. The van der Waals surface area contributed by atoms with Gasteiger partial charge >= 0.3 is 0 Å². The molecule has 2 aliphatic rings. The fourth-order valence-electron chi connectivity index (χ4n) is 4.16. The Morgan fingerprint density at radius 3 is 2.59 bits per heavy atom. The van der Waals surface area contributed by atoms with Gasteiger partial charge in [-0.15, -0.1) is 5.10 Å². The molecule has 1 fully saturated rings. The predicted octanol–water partition coefficient (Wildman–Crippen LogP) is 0.674. The molecular weight excluding hydrogens is 486 g/mol. The van der Waals surface area contributed by atoms with Crippen molar-refractivity contribution in [2.24, 2.45) is 0 Å². The van der Waals surface area contributed by atoms with Gasteiger partial charge in [0.25, 0.3) is 11.8 Å². The Morgan fingerprint density at radius 2 is 1.86 bits per heavy atom. The molecule has 1 N–H and O–H groups in total. The zero-order valence-electron chi connectivity index (χ0n) is 20.7. The molecule has 0 saturated carbocycles. The topological polar surface area (TPSA) is 151 Å². The van der Waals surface area contributed by atoms with E-state index in [1.165, 1.54) is 6.07 Å². The van der Waals surface area contributed by atoms with E-state index in [1.54, 1.807) is 23.0 Å². The van der Waals surface area contributed by atoms with E-state index in [-0.39, 0.29) is 49.5 Å². The minimum Gasteiger partial charge on any atom is -0.490 e. The first-order valence-corrected chi connectivity index (χ1v) is 12.1. The number of carbonyl (C=O) groups is 4. The van der Waals surface area contributed by atoms with Crippen LogP contribution in [-0.2, 0) is 37.0 Å². The molecule has 3 heterocycles. The monoisotopic (exact) mass is 515 g/mol. The molecule has 1 atom stereocenters. The second kappa shape index (κ2) is 12.0. The molecule has 1 aromatic carbocycles. The van der Waals surface area contributed by atoms with Crippen molar-refractivity contribution in [2.75, 3.05) is 26.4 Å². The Kier molecular flexibility index (Phi) is 8.58. The van der Waals surface area contributed by atoms with E-state index in [4.69, 9.17) is 18.9 Å². The fraction of sp³-hybridized carbons (Fsp3) is 0.500. The van der Waals surface area contributed by atoms with Crippen LogP contribution in [0.25, 0.3) is 0 Å². The summed E-state index contributed by atoms with van der Waals surface area (Å²) in [6, 6.07) is 3.66. The summed E-state index contributed by atoms with van der Waals surface area (Å²) in [5.41, 5.74) is 0.869. The number of ether oxygens (including phenoxy) is 4. The first-order valence-electron chi connectivity index (χ1n) is 12.1. The van der Waals surface area contributed by atoms with Gasteiger partial charge in [0.2, 0.25) is 11.8 Å². The zero-order valence-corrected chi connectivity index (χ0v) is 20.7. The maximum Gasteiger partial charge on any atom is 0.266 e. The highest BCUT2D eigenvalue weighted by molar-refractivity contribution is 6.24. The Balaban J connectivity index is 1.29. The van der Waals surface area contributed by atoms with Gasteiger partial charge in [0, 0.05) is 19.6 Å². The second-order valence-electron chi connectivity index (χ2n) is 8.30. The van der Waals surface area contributed by atoms with E-state index < -0.39 is 36.0 Å². The molecule has 1 unspecified atom stereocenters. The van der Waals surface area contributed by atoms with Crippen molar-refractivity contribution in [1.29, 1.82) is 0 Å². The number of amides is 4. The highest BCUT2D eigenvalue weighted by Crippen LogP contribution is 2.33. The lowest BCUT2D eigenvalue weighted by Crippen LogP contribution is -2.54. The summed E-state index contributed by atoms with van der Waals surface area (Å²) < 4.78 is 24.0. The SMILES string of the molecule is CCOC(Cn1cc(COCCOc2cccc3c2C(=O)N(C2CCC(=O)NC2=O)C3=O)nn1)OCC. The minimum atomic E-state index is -1.04. The van der Waals surface area contributed by atoms with Crippen molar-refractivity contribution in [1.82, 2.24) is 25.2 Å². The third-order valence-corrected chi connectivity index (χ3v) is 5.79. The largest absolute Gasteiger partial charge is 0.490 e. The Morgan fingerprint density at radius 1 is 1.08 bits per heavy atom. The van der Waals surface area contributed by atoms with E-state index in [1.807, 2.05) is 13.8 Å². The first kappa shape index (κ1) is 26.4. The lowest BCUT2D eigenvalue weighted by molar-refractivity contribution is -0.145. The Labute approximate surface area is 213 Å². The van der Waals surface area contributed by atoms with E-state index in [2.05, 4.69) is 15.6 Å². The van der Waals surface area contributed by atoms with Crippen molar-refractivity contribution >= 4 is 23.6 Å². The lowest BCUT2D eigenvalue weighted by Gasteiger charge is -2.27. The van der Waals surface area contributed by atoms with Crippen LogP contribution >= 0.6 is 0 Å². The van der Waals surface area contributed by atoms with Crippen molar-refractivity contribution < 1.29 is 38.1 Å². The smallest absolute Gasteiger partial charge is 0.266 e. The molecule has 37 heavy (non-hydrogen) atoms. The maximum absolute atomic E-state index is 13.1. The average molecular weight is 516 g/mol. The van der Waals surface area contributed by atoms with Crippen LogP contribution in [0.1, 0.15) is 53.1 Å². The molecule has 0 radical (unpaired) electrons. The highest BCUT2D eigenvalue weighted by atomic mass is 16.7. The minimum absolute atomic E-state index is 0.0535. The molecular formula is C24H29N5O8. The quantitative estimate of drug-likeness (QED) is 0.229. The number of piperidine rings is 1. The molecule has 4 amide bonds. The summed E-state index contributed by atoms with van der Waals surface area (Å²) in [6.45, 7) is 5.73. The van der Waals surface area contributed by atoms with Crippen LogP contribution in [0.5, 0.6) is 5.75 Å². The molecule has 2 aliphatic heterocycles. The van der Waals surface area contributed by atoms with Crippen LogP contribution in [0.2, 0.25) is 0 Å². The van der Waals surface area contributed by atoms with Crippen LogP contribution in [0.3, 0.4) is 0 Å². The zero-order chi connectivity index (χ0) is 26.4. The predicted molar refractivity (Wildman–Crippen MR) is 125 cm³/mol. The second-order valence-corrected chi connectivity index (χ2v) is 8.30. The molecule has 1 aromatic heterocycles. The molecule has 0 spiro atoms. The van der Waals surface area contributed by atoms with Gasteiger partial charge in [-0.3, -0.25) is 29.4 Å². The number of benzene rings is 1. The summed E-state index contributed by atoms with van der Waals surface area (Å²) in [7, 11) is 0. The number of nitrogens with zero attached hydrogens (tertiary/aromatic N) is 4. The van der Waals surface area contributed by atoms with Gasteiger partial charge in [0.1, 0.15) is 24.1 Å². The van der Waals surface area contributed by atoms with Gasteiger partial charge in [-0.1, -0.05) is 11.3 Å². The lowest BCUT2D eigenvalue weighted by atomic mass is 10.0. The molecule has 2 aromatic rings. The summed E-state index contributed by atoms with van der Waals surface area (Å²) in [5.74, 6) is -2.08. The highest BCUT2D eigenvalue weighted by Gasteiger charge is 2.45. The van der Waals surface area contributed by atoms with E-state index in [0.29, 0.717) is 25.5 Å². The summed E-state index contributed by atoms with van der Waals surface area (Å²) >= 11 is 0. The number of nitrogens with one attached hydrogen (secondary N) is 1. The number of fused-ring (bicyclic) bond motifs is 1. The Hall–Kier alpha value is -3.68. The van der Waals surface area contributed by atoms with Crippen LogP contribution in [0.4, 0.5) is 0 Å². The number of rotatable bonds is 13. The third-order valence-electron chi connectivity index (χ3n) is 5.79. The van der Waals surface area contributed by atoms with Crippen LogP contribution < -0.4 is 10.1 Å². The summed E-state index contributed by atoms with van der Waals surface area (Å²) in [5, 5.41) is 10.3. The van der Waals surface area contributed by atoms with Crippen LogP contribution in [0.15, 0.2) is 24.4 Å². The van der Waals surface area contributed by atoms with Crippen molar-refractivity contribution in [2.45, 2.75) is 52.2 Å². The molecule has 0 aliphatic carbocycles. The first-order chi connectivity index (χ1) is 17.9. The maximum atomic E-state index is 13.1. The molecule has 13 heteroatoms. The van der Waals surface area contributed by atoms with Crippen molar-refractivity contribution in [3.63, 3.8) is 0 Å². The molecule has 4 rings (SSSR count). The molecule has 0 bridgehead atoms.